The summed E-state index contributed by atoms with van der Waals surface area (Å²) in [5.74, 6) is -2.76. The van der Waals surface area contributed by atoms with Crippen LogP contribution in [0.1, 0.15) is 25.3 Å². The molecule has 0 aromatic heterocycles. The first-order valence-corrected chi connectivity index (χ1v) is 8.74. The molecule has 1 N–H and O–H groups in total. The fourth-order valence-corrected chi connectivity index (χ4v) is 3.48. The van der Waals surface area contributed by atoms with E-state index in [4.69, 9.17) is 0 Å². The molecule has 24 heavy (non-hydrogen) atoms. The van der Waals surface area contributed by atoms with Gasteiger partial charge >= 0.3 is 12.1 Å². The maximum atomic E-state index is 13.4. The van der Waals surface area contributed by atoms with E-state index in [2.05, 4.69) is 4.74 Å². The van der Waals surface area contributed by atoms with E-state index in [0.717, 1.165) is 12.7 Å². The standard InChI is InChI=1S/C15H20F3NO4S/c1-4-5-12(14(20)23-3)13(15(16,17)18)19-24(21,22)11-8-6-10(2)7-9-11/h6-9,12-13,19H,4-5H2,1-3H3. The molecule has 0 amide bonds. The number of ether oxygens (including phenoxy) is 1. The van der Waals surface area contributed by atoms with Crippen LogP contribution in [0.5, 0.6) is 0 Å². The van der Waals surface area contributed by atoms with Crippen LogP contribution in [0, 0.1) is 12.8 Å². The molecule has 9 heteroatoms. The van der Waals surface area contributed by atoms with E-state index in [-0.39, 0.29) is 17.7 Å². The number of halogens is 3. The van der Waals surface area contributed by atoms with Crippen LogP contribution in [-0.4, -0.2) is 33.7 Å². The van der Waals surface area contributed by atoms with Crippen molar-refractivity contribution in [3.05, 3.63) is 29.8 Å². The molecule has 0 saturated carbocycles. The molecule has 0 aliphatic carbocycles. The number of alkyl halides is 3. The second-order valence-electron chi connectivity index (χ2n) is 5.37. The summed E-state index contributed by atoms with van der Waals surface area (Å²) in [6.07, 6.45) is -4.84. The number of rotatable bonds is 7. The van der Waals surface area contributed by atoms with Crippen LogP contribution >= 0.6 is 0 Å². The minimum absolute atomic E-state index is 0.159. The van der Waals surface area contributed by atoms with Crippen molar-refractivity contribution in [3.63, 3.8) is 0 Å². The van der Waals surface area contributed by atoms with E-state index in [1.807, 2.05) is 0 Å². The maximum Gasteiger partial charge on any atom is 0.405 e. The van der Waals surface area contributed by atoms with Gasteiger partial charge in [-0.3, -0.25) is 4.79 Å². The molecule has 1 aromatic carbocycles. The Bertz CT molecular complexity index is 656. The summed E-state index contributed by atoms with van der Waals surface area (Å²) >= 11 is 0. The Morgan fingerprint density at radius 2 is 1.79 bits per heavy atom. The second-order valence-corrected chi connectivity index (χ2v) is 7.09. The van der Waals surface area contributed by atoms with Gasteiger partial charge in [0.25, 0.3) is 0 Å². The highest BCUT2D eigenvalue weighted by molar-refractivity contribution is 7.89. The summed E-state index contributed by atoms with van der Waals surface area (Å²) in [4.78, 5) is 11.4. The van der Waals surface area contributed by atoms with Crippen LogP contribution in [0.4, 0.5) is 13.2 Å². The van der Waals surface area contributed by atoms with Crippen LogP contribution in [0.15, 0.2) is 29.2 Å². The highest BCUT2D eigenvalue weighted by atomic mass is 32.2. The third-order valence-electron chi connectivity index (χ3n) is 3.47. The zero-order valence-electron chi connectivity index (χ0n) is 13.6. The van der Waals surface area contributed by atoms with E-state index in [0.29, 0.717) is 0 Å². The van der Waals surface area contributed by atoms with Crippen LogP contribution in [-0.2, 0) is 19.6 Å². The average molecular weight is 367 g/mol. The number of carbonyl (C=O) groups excluding carboxylic acids is 1. The van der Waals surface area contributed by atoms with Gasteiger partial charge in [-0.2, -0.15) is 17.9 Å². The van der Waals surface area contributed by atoms with Gasteiger partial charge in [0.15, 0.2) is 0 Å². The minimum atomic E-state index is -4.94. The zero-order valence-corrected chi connectivity index (χ0v) is 14.4. The first-order valence-electron chi connectivity index (χ1n) is 7.26. The largest absolute Gasteiger partial charge is 0.469 e. The zero-order chi connectivity index (χ0) is 18.5. The summed E-state index contributed by atoms with van der Waals surface area (Å²) in [6.45, 7) is 3.31. The van der Waals surface area contributed by atoms with Crippen molar-refractivity contribution >= 4 is 16.0 Å². The molecule has 136 valence electrons. The smallest absolute Gasteiger partial charge is 0.405 e. The fourth-order valence-electron chi connectivity index (χ4n) is 2.21. The van der Waals surface area contributed by atoms with Gasteiger partial charge in [0.2, 0.25) is 10.0 Å². The Labute approximate surface area is 139 Å². The van der Waals surface area contributed by atoms with E-state index in [1.54, 1.807) is 18.6 Å². The Kier molecular flexibility index (Phi) is 6.79. The molecule has 0 radical (unpaired) electrons. The lowest BCUT2D eigenvalue weighted by Gasteiger charge is -2.27. The number of nitrogens with one attached hydrogen (secondary N) is 1. The van der Waals surface area contributed by atoms with Gasteiger partial charge in [0.05, 0.1) is 17.9 Å². The van der Waals surface area contributed by atoms with Crippen molar-refractivity contribution in [2.24, 2.45) is 5.92 Å². The van der Waals surface area contributed by atoms with Crippen molar-refractivity contribution in [2.75, 3.05) is 7.11 Å². The number of methoxy groups -OCH3 is 1. The first kappa shape index (κ1) is 20.4. The fraction of sp³-hybridized carbons (Fsp3) is 0.533. The lowest BCUT2D eigenvalue weighted by atomic mass is 9.95. The molecule has 0 bridgehead atoms. The summed E-state index contributed by atoms with van der Waals surface area (Å²) in [5, 5.41) is 0. The Hall–Kier alpha value is -1.61. The van der Waals surface area contributed by atoms with Crippen LogP contribution < -0.4 is 4.72 Å². The Balaban J connectivity index is 3.22. The summed E-state index contributed by atoms with van der Waals surface area (Å²) in [7, 11) is -3.48. The van der Waals surface area contributed by atoms with Gasteiger partial charge in [0, 0.05) is 0 Å². The second kappa shape index (κ2) is 7.98. The molecule has 0 aliphatic heterocycles. The van der Waals surface area contributed by atoms with Crippen molar-refractivity contribution in [3.8, 4) is 0 Å². The predicted octanol–water partition coefficient (Wildman–Crippen LogP) is 2.79. The highest BCUT2D eigenvalue weighted by Gasteiger charge is 2.49. The van der Waals surface area contributed by atoms with Gasteiger partial charge in [0.1, 0.15) is 6.04 Å². The third kappa shape index (κ3) is 5.20. The molecule has 5 nitrogen and oxygen atoms in total. The van der Waals surface area contributed by atoms with Gasteiger partial charge in [-0.15, -0.1) is 0 Å². The highest BCUT2D eigenvalue weighted by Crippen LogP contribution is 2.30. The predicted molar refractivity (Wildman–Crippen MR) is 81.8 cm³/mol. The number of benzene rings is 1. The van der Waals surface area contributed by atoms with Crippen LogP contribution in [0.25, 0.3) is 0 Å². The first-order chi connectivity index (χ1) is 11.0. The Morgan fingerprint density at radius 3 is 2.21 bits per heavy atom. The molecule has 0 aliphatic rings. The topological polar surface area (TPSA) is 72.5 Å². The average Bonchev–Trinajstić information content (AvgIpc) is 2.49. The van der Waals surface area contributed by atoms with E-state index >= 15 is 0 Å². The monoisotopic (exact) mass is 367 g/mol. The number of carbonyl (C=O) groups is 1. The molecule has 0 heterocycles. The lowest BCUT2D eigenvalue weighted by Crippen LogP contribution is -2.52. The maximum absolute atomic E-state index is 13.4. The van der Waals surface area contributed by atoms with Crippen LogP contribution in [0.2, 0.25) is 0 Å². The van der Waals surface area contributed by atoms with Gasteiger partial charge < -0.3 is 4.74 Å². The van der Waals surface area contributed by atoms with E-state index in [9.17, 15) is 26.4 Å². The number of hydrogen-bond acceptors (Lipinski definition) is 4. The van der Waals surface area contributed by atoms with E-state index < -0.39 is 34.1 Å². The summed E-state index contributed by atoms with van der Waals surface area (Å²) in [6, 6.07) is 2.80. The third-order valence-corrected chi connectivity index (χ3v) is 4.93. The number of esters is 1. The molecule has 2 atom stereocenters. The number of sulfonamides is 1. The molecule has 0 saturated heterocycles. The number of hydrogen-bond donors (Lipinski definition) is 1. The summed E-state index contributed by atoms with van der Waals surface area (Å²) < 4.78 is 70.6. The van der Waals surface area contributed by atoms with E-state index in [1.165, 1.54) is 24.3 Å². The van der Waals surface area contributed by atoms with Crippen molar-refractivity contribution < 1.29 is 31.1 Å². The number of aryl methyl sites for hydroxylation is 1. The molecule has 2 unspecified atom stereocenters. The van der Waals surface area contributed by atoms with Gasteiger partial charge in [-0.25, -0.2) is 8.42 Å². The molecule has 1 rings (SSSR count). The Morgan fingerprint density at radius 1 is 1.25 bits per heavy atom. The molecule has 0 spiro atoms. The SMILES string of the molecule is CCCC(C(=O)OC)C(NS(=O)(=O)c1ccc(C)cc1)C(F)(F)F. The summed E-state index contributed by atoms with van der Waals surface area (Å²) in [5.41, 5.74) is 0.764. The quantitative estimate of drug-likeness (QED) is 0.752. The molecular formula is C15H20F3NO4S. The minimum Gasteiger partial charge on any atom is -0.469 e. The molecular weight excluding hydrogens is 347 g/mol. The van der Waals surface area contributed by atoms with Crippen molar-refractivity contribution in [1.29, 1.82) is 0 Å². The lowest BCUT2D eigenvalue weighted by molar-refractivity contribution is -0.178. The van der Waals surface area contributed by atoms with Crippen LogP contribution in [0.3, 0.4) is 0 Å². The van der Waals surface area contributed by atoms with Gasteiger partial charge in [-0.1, -0.05) is 31.0 Å². The van der Waals surface area contributed by atoms with Gasteiger partial charge in [-0.05, 0) is 25.5 Å². The normalized spacial score (nSPS) is 14.9. The van der Waals surface area contributed by atoms with Crippen molar-refractivity contribution in [2.45, 2.75) is 43.8 Å². The molecule has 0 fully saturated rings. The molecule has 1 aromatic rings. The van der Waals surface area contributed by atoms with Crippen molar-refractivity contribution in [1.82, 2.24) is 4.72 Å².